The Morgan fingerprint density at radius 2 is 1.61 bits per heavy atom. The molecule has 3 rings (SSSR count). The fraction of sp³-hybridized carbons (Fsp3) is 0.263. The predicted octanol–water partition coefficient (Wildman–Crippen LogP) is 2.83. The zero-order valence-corrected chi connectivity index (χ0v) is 12.8. The molecule has 2 aromatic carbocycles. The number of amides is 1. The highest BCUT2D eigenvalue weighted by atomic mass is 16.5. The van der Waals surface area contributed by atoms with Gasteiger partial charge in [0, 0.05) is 29.8 Å². The number of hydrogen-bond acceptors (Lipinski definition) is 3. The fourth-order valence-corrected chi connectivity index (χ4v) is 2.64. The van der Waals surface area contributed by atoms with E-state index in [1.165, 1.54) is 0 Å². The molecule has 23 heavy (non-hydrogen) atoms. The average molecular weight is 309 g/mol. The van der Waals surface area contributed by atoms with Gasteiger partial charge in [-0.05, 0) is 25.0 Å². The van der Waals surface area contributed by atoms with Crippen LogP contribution < -0.4 is 5.32 Å². The van der Waals surface area contributed by atoms with Gasteiger partial charge >= 0.3 is 0 Å². The molecule has 4 nitrogen and oxygen atoms in total. The molecule has 2 aromatic rings. The summed E-state index contributed by atoms with van der Waals surface area (Å²) in [5.41, 5.74) is 1.77. The number of carbonyl (C=O) groups is 2. The van der Waals surface area contributed by atoms with Crippen molar-refractivity contribution in [3.05, 3.63) is 71.3 Å². The number of hydrogen-bond donors (Lipinski definition) is 1. The largest absolute Gasteiger partial charge is 0.376 e. The lowest BCUT2D eigenvalue weighted by Gasteiger charge is -2.11. The van der Waals surface area contributed by atoms with Crippen LogP contribution in [-0.4, -0.2) is 30.9 Å². The maximum atomic E-state index is 12.3. The number of ether oxygens (including phenoxy) is 1. The van der Waals surface area contributed by atoms with Crippen LogP contribution in [0.4, 0.5) is 0 Å². The fourth-order valence-electron chi connectivity index (χ4n) is 2.64. The van der Waals surface area contributed by atoms with Gasteiger partial charge in [-0.1, -0.05) is 42.5 Å². The number of carbonyl (C=O) groups excluding carboxylic acids is 2. The van der Waals surface area contributed by atoms with Crippen molar-refractivity contribution < 1.29 is 14.3 Å². The zero-order valence-electron chi connectivity index (χ0n) is 12.8. The Hall–Kier alpha value is -2.46. The topological polar surface area (TPSA) is 55.4 Å². The summed E-state index contributed by atoms with van der Waals surface area (Å²) in [6.07, 6.45) is 2.17. The molecule has 0 radical (unpaired) electrons. The highest BCUT2D eigenvalue weighted by molar-refractivity contribution is 6.09. The van der Waals surface area contributed by atoms with E-state index in [2.05, 4.69) is 5.32 Å². The van der Waals surface area contributed by atoms with Crippen LogP contribution in [0.3, 0.4) is 0 Å². The van der Waals surface area contributed by atoms with E-state index in [9.17, 15) is 9.59 Å². The van der Waals surface area contributed by atoms with E-state index in [0.29, 0.717) is 23.2 Å². The molecule has 4 heteroatoms. The van der Waals surface area contributed by atoms with Gasteiger partial charge in [-0.3, -0.25) is 9.59 Å². The first kappa shape index (κ1) is 15.4. The van der Waals surface area contributed by atoms with Crippen molar-refractivity contribution in [2.24, 2.45) is 0 Å². The molecular weight excluding hydrogens is 290 g/mol. The Morgan fingerprint density at radius 1 is 0.957 bits per heavy atom. The first-order valence-corrected chi connectivity index (χ1v) is 7.83. The van der Waals surface area contributed by atoms with Crippen LogP contribution in [0.1, 0.15) is 39.1 Å². The van der Waals surface area contributed by atoms with E-state index in [1.807, 2.05) is 18.2 Å². The molecule has 1 N–H and O–H groups in total. The SMILES string of the molecule is O=C(NC[C@@H]1CCCO1)c1ccc(C(=O)c2ccccc2)cc1. The predicted molar refractivity (Wildman–Crippen MR) is 87.6 cm³/mol. The van der Waals surface area contributed by atoms with Crippen molar-refractivity contribution in [2.45, 2.75) is 18.9 Å². The van der Waals surface area contributed by atoms with Gasteiger partial charge < -0.3 is 10.1 Å². The van der Waals surface area contributed by atoms with Gasteiger partial charge in [-0.15, -0.1) is 0 Å². The number of rotatable bonds is 5. The van der Waals surface area contributed by atoms with Crippen molar-refractivity contribution in [1.29, 1.82) is 0 Å². The Kier molecular flexibility index (Phi) is 4.83. The van der Waals surface area contributed by atoms with E-state index >= 15 is 0 Å². The standard InChI is InChI=1S/C19H19NO3/c21-18(14-5-2-1-3-6-14)15-8-10-16(11-9-15)19(22)20-13-17-7-4-12-23-17/h1-3,5-6,8-11,17H,4,7,12-13H2,(H,20,22)/t17-/m0/s1. The molecule has 0 unspecified atom stereocenters. The van der Waals surface area contributed by atoms with Crippen molar-refractivity contribution in [3.63, 3.8) is 0 Å². The van der Waals surface area contributed by atoms with Crippen molar-refractivity contribution in [3.8, 4) is 0 Å². The minimum absolute atomic E-state index is 0.0445. The van der Waals surface area contributed by atoms with Crippen LogP contribution in [0.15, 0.2) is 54.6 Å². The lowest BCUT2D eigenvalue weighted by Crippen LogP contribution is -2.31. The summed E-state index contributed by atoms with van der Waals surface area (Å²) in [5.74, 6) is -0.184. The van der Waals surface area contributed by atoms with Crippen LogP contribution in [0.2, 0.25) is 0 Å². The van der Waals surface area contributed by atoms with Gasteiger partial charge in [0.05, 0.1) is 6.10 Å². The second kappa shape index (κ2) is 7.20. The Morgan fingerprint density at radius 3 is 2.26 bits per heavy atom. The number of benzene rings is 2. The highest BCUT2D eigenvalue weighted by Gasteiger charge is 2.17. The van der Waals surface area contributed by atoms with Gasteiger partial charge in [0.2, 0.25) is 0 Å². The second-order valence-electron chi connectivity index (χ2n) is 5.62. The van der Waals surface area contributed by atoms with Crippen LogP contribution in [-0.2, 0) is 4.74 Å². The minimum Gasteiger partial charge on any atom is -0.376 e. The third-order valence-corrected chi connectivity index (χ3v) is 3.96. The summed E-state index contributed by atoms with van der Waals surface area (Å²) in [6.45, 7) is 1.31. The Labute approximate surface area is 135 Å². The molecule has 0 spiro atoms. The van der Waals surface area contributed by atoms with E-state index in [1.54, 1.807) is 36.4 Å². The van der Waals surface area contributed by atoms with Crippen LogP contribution in [0.25, 0.3) is 0 Å². The molecule has 1 saturated heterocycles. The summed E-state index contributed by atoms with van der Waals surface area (Å²) < 4.78 is 5.48. The lowest BCUT2D eigenvalue weighted by atomic mass is 10.0. The Bertz CT molecular complexity index is 674. The summed E-state index contributed by atoms with van der Waals surface area (Å²) in [4.78, 5) is 24.4. The molecule has 1 atom stereocenters. The monoisotopic (exact) mass is 309 g/mol. The lowest BCUT2D eigenvalue weighted by molar-refractivity contribution is 0.0857. The zero-order chi connectivity index (χ0) is 16.1. The van der Waals surface area contributed by atoms with Gasteiger partial charge in [0.1, 0.15) is 0 Å². The van der Waals surface area contributed by atoms with E-state index in [0.717, 1.165) is 19.4 Å². The van der Waals surface area contributed by atoms with Gasteiger partial charge in [0.25, 0.3) is 5.91 Å². The van der Waals surface area contributed by atoms with E-state index in [-0.39, 0.29) is 17.8 Å². The van der Waals surface area contributed by atoms with Gasteiger partial charge in [-0.2, -0.15) is 0 Å². The number of ketones is 1. The summed E-state index contributed by atoms with van der Waals surface area (Å²) in [6, 6.07) is 15.8. The third-order valence-electron chi connectivity index (χ3n) is 3.96. The molecule has 0 aromatic heterocycles. The third kappa shape index (κ3) is 3.85. The van der Waals surface area contributed by atoms with Crippen LogP contribution in [0.5, 0.6) is 0 Å². The second-order valence-corrected chi connectivity index (χ2v) is 5.62. The minimum atomic E-state index is -0.140. The quantitative estimate of drug-likeness (QED) is 0.864. The van der Waals surface area contributed by atoms with Crippen LogP contribution in [0, 0.1) is 0 Å². The van der Waals surface area contributed by atoms with E-state index in [4.69, 9.17) is 4.74 Å². The Balaban J connectivity index is 1.62. The summed E-state index contributed by atoms with van der Waals surface area (Å²) in [5, 5.41) is 2.87. The summed E-state index contributed by atoms with van der Waals surface area (Å²) >= 11 is 0. The normalized spacial score (nSPS) is 17.0. The maximum absolute atomic E-state index is 12.3. The van der Waals surface area contributed by atoms with Crippen molar-refractivity contribution >= 4 is 11.7 Å². The maximum Gasteiger partial charge on any atom is 0.251 e. The first-order valence-electron chi connectivity index (χ1n) is 7.83. The molecule has 1 aliphatic rings. The number of nitrogens with one attached hydrogen (secondary N) is 1. The smallest absolute Gasteiger partial charge is 0.251 e. The molecule has 1 heterocycles. The highest BCUT2D eigenvalue weighted by Crippen LogP contribution is 2.13. The van der Waals surface area contributed by atoms with Crippen molar-refractivity contribution in [2.75, 3.05) is 13.2 Å². The van der Waals surface area contributed by atoms with Gasteiger partial charge in [-0.25, -0.2) is 0 Å². The summed E-state index contributed by atoms with van der Waals surface area (Å²) in [7, 11) is 0. The average Bonchev–Trinajstić information content (AvgIpc) is 3.13. The molecule has 1 amide bonds. The molecule has 0 bridgehead atoms. The molecule has 118 valence electrons. The molecule has 0 aliphatic carbocycles. The molecule has 0 saturated carbocycles. The molecule has 1 aliphatic heterocycles. The van der Waals surface area contributed by atoms with Crippen molar-refractivity contribution in [1.82, 2.24) is 5.32 Å². The molecule has 1 fully saturated rings. The van der Waals surface area contributed by atoms with Gasteiger partial charge in [0.15, 0.2) is 5.78 Å². The van der Waals surface area contributed by atoms with Crippen LogP contribution >= 0.6 is 0 Å². The van der Waals surface area contributed by atoms with E-state index < -0.39 is 0 Å². The first-order chi connectivity index (χ1) is 11.2. The molecular formula is C19H19NO3.